The Balaban J connectivity index is 1.80. The van der Waals surface area contributed by atoms with Crippen LogP contribution in [0.2, 0.25) is 0 Å². The van der Waals surface area contributed by atoms with Crippen molar-refractivity contribution in [1.82, 2.24) is 0 Å². The second-order valence-corrected chi connectivity index (χ2v) is 5.40. The molecule has 3 aromatic rings. The van der Waals surface area contributed by atoms with E-state index < -0.39 is 0 Å². The molecule has 0 spiro atoms. The van der Waals surface area contributed by atoms with Crippen LogP contribution in [0.1, 0.15) is 4.88 Å². The highest BCUT2D eigenvalue weighted by Crippen LogP contribution is 2.28. The summed E-state index contributed by atoms with van der Waals surface area (Å²) >= 11 is 1.63. The molecule has 0 saturated carbocycles. The van der Waals surface area contributed by atoms with Crippen LogP contribution in [0.4, 0.5) is 10.1 Å². The van der Waals surface area contributed by atoms with Crippen molar-refractivity contribution in [3.63, 3.8) is 0 Å². The van der Waals surface area contributed by atoms with E-state index in [1.165, 1.54) is 6.07 Å². The summed E-state index contributed by atoms with van der Waals surface area (Å²) in [6, 6.07) is 14.2. The summed E-state index contributed by atoms with van der Waals surface area (Å²) in [6.07, 6.45) is 0. The minimum Gasteiger partial charge on any atom is -0.485 e. The molecule has 0 fully saturated rings. The number of nitrogen functional groups attached to an aromatic ring is 1. The van der Waals surface area contributed by atoms with Crippen LogP contribution in [0, 0.1) is 5.82 Å². The summed E-state index contributed by atoms with van der Waals surface area (Å²) in [7, 11) is 0. The quantitative estimate of drug-likeness (QED) is 0.726. The number of rotatable bonds is 3. The van der Waals surface area contributed by atoms with Crippen LogP contribution in [0.15, 0.2) is 48.5 Å². The highest BCUT2D eigenvalue weighted by Gasteiger charge is 2.05. The lowest BCUT2D eigenvalue weighted by molar-refractivity contribution is 0.293. The summed E-state index contributed by atoms with van der Waals surface area (Å²) in [6.45, 7) is 0.361. The molecule has 1 heterocycles. The summed E-state index contributed by atoms with van der Waals surface area (Å²) in [5.41, 5.74) is 6.48. The van der Waals surface area contributed by atoms with Gasteiger partial charge in [-0.3, -0.25) is 0 Å². The number of nitrogens with two attached hydrogens (primary N) is 1. The zero-order valence-electron chi connectivity index (χ0n) is 10.1. The molecule has 0 unspecified atom stereocenters. The first-order chi connectivity index (χ1) is 9.22. The molecule has 0 atom stereocenters. The fourth-order valence-electron chi connectivity index (χ4n) is 1.90. The number of halogens is 1. The number of hydrogen-bond donors (Lipinski definition) is 1. The minimum atomic E-state index is -0.340. The number of para-hydroxylation sites is 1. The van der Waals surface area contributed by atoms with Gasteiger partial charge in [0, 0.05) is 15.3 Å². The van der Waals surface area contributed by atoms with Crippen molar-refractivity contribution in [3.8, 4) is 5.75 Å². The van der Waals surface area contributed by atoms with Crippen LogP contribution in [0.25, 0.3) is 10.1 Å². The molecule has 2 N–H and O–H groups in total. The van der Waals surface area contributed by atoms with E-state index in [4.69, 9.17) is 10.5 Å². The second kappa shape index (κ2) is 4.90. The number of benzene rings is 2. The van der Waals surface area contributed by atoms with Crippen molar-refractivity contribution < 1.29 is 9.13 Å². The van der Waals surface area contributed by atoms with Gasteiger partial charge in [-0.05, 0) is 41.8 Å². The lowest BCUT2D eigenvalue weighted by atomic mass is 10.2. The van der Waals surface area contributed by atoms with E-state index >= 15 is 0 Å². The van der Waals surface area contributed by atoms with Crippen molar-refractivity contribution in [2.45, 2.75) is 6.61 Å². The van der Waals surface area contributed by atoms with Gasteiger partial charge in [0.25, 0.3) is 0 Å². The molecule has 2 nitrogen and oxygen atoms in total. The van der Waals surface area contributed by atoms with Gasteiger partial charge >= 0.3 is 0 Å². The third-order valence-corrected chi connectivity index (χ3v) is 3.89. The fraction of sp³-hybridized carbons (Fsp3) is 0.0667. The molecular formula is C15H12FNOS. The van der Waals surface area contributed by atoms with Crippen LogP contribution in [0.3, 0.4) is 0 Å². The first-order valence-electron chi connectivity index (χ1n) is 5.87. The van der Waals surface area contributed by atoms with E-state index in [0.717, 1.165) is 20.7 Å². The second-order valence-electron chi connectivity index (χ2n) is 4.23. The zero-order valence-corrected chi connectivity index (χ0v) is 10.9. The lowest BCUT2D eigenvalue weighted by Gasteiger charge is -2.04. The monoisotopic (exact) mass is 273 g/mol. The highest BCUT2D eigenvalue weighted by atomic mass is 32.1. The van der Waals surface area contributed by atoms with Gasteiger partial charge in [-0.25, -0.2) is 4.39 Å². The number of fused-ring (bicyclic) bond motifs is 1. The van der Waals surface area contributed by atoms with E-state index in [9.17, 15) is 4.39 Å². The standard InChI is InChI=1S/C15H12FNOS/c16-13-3-1-2-4-14(13)18-9-12-8-10-7-11(17)5-6-15(10)19-12/h1-8H,9,17H2. The zero-order chi connectivity index (χ0) is 13.2. The lowest BCUT2D eigenvalue weighted by Crippen LogP contribution is -1.94. The maximum Gasteiger partial charge on any atom is 0.165 e. The van der Waals surface area contributed by atoms with Gasteiger partial charge in [0.05, 0.1) is 0 Å². The Morgan fingerprint density at radius 2 is 1.95 bits per heavy atom. The molecule has 0 aliphatic carbocycles. The van der Waals surface area contributed by atoms with Crippen molar-refractivity contribution in [3.05, 3.63) is 59.2 Å². The van der Waals surface area contributed by atoms with Crippen LogP contribution in [-0.2, 0) is 6.61 Å². The topological polar surface area (TPSA) is 35.2 Å². The molecule has 0 aliphatic heterocycles. The molecule has 0 saturated heterocycles. The fourth-order valence-corrected chi connectivity index (χ4v) is 2.86. The number of ether oxygens (including phenoxy) is 1. The van der Waals surface area contributed by atoms with Gasteiger partial charge in [-0.1, -0.05) is 12.1 Å². The number of anilines is 1. The van der Waals surface area contributed by atoms with Crippen molar-refractivity contribution in [2.24, 2.45) is 0 Å². The Labute approximate surface area is 114 Å². The SMILES string of the molecule is Nc1ccc2sc(COc3ccccc3F)cc2c1. The van der Waals surface area contributed by atoms with Crippen LogP contribution in [-0.4, -0.2) is 0 Å². The molecule has 0 bridgehead atoms. The number of thiophene rings is 1. The molecule has 0 aliphatic rings. The van der Waals surface area contributed by atoms with E-state index in [0.29, 0.717) is 6.61 Å². The summed E-state index contributed by atoms with van der Waals surface area (Å²) in [4.78, 5) is 1.05. The van der Waals surface area contributed by atoms with Crippen molar-refractivity contribution >= 4 is 27.1 Å². The Bertz CT molecular complexity index is 723. The minimum absolute atomic E-state index is 0.277. The first-order valence-corrected chi connectivity index (χ1v) is 6.69. The van der Waals surface area contributed by atoms with Crippen LogP contribution < -0.4 is 10.5 Å². The van der Waals surface area contributed by atoms with Crippen molar-refractivity contribution in [2.75, 3.05) is 5.73 Å². The molecule has 96 valence electrons. The average molecular weight is 273 g/mol. The summed E-state index contributed by atoms with van der Waals surface area (Å²) in [5, 5.41) is 1.09. The van der Waals surface area contributed by atoms with Gasteiger partial charge in [-0.2, -0.15) is 0 Å². The third-order valence-electron chi connectivity index (χ3n) is 2.80. The third kappa shape index (κ3) is 2.53. The van der Waals surface area contributed by atoms with Crippen molar-refractivity contribution in [1.29, 1.82) is 0 Å². The first kappa shape index (κ1) is 12.0. The van der Waals surface area contributed by atoms with Gasteiger partial charge in [0.2, 0.25) is 0 Å². The Hall–Kier alpha value is -2.07. The molecule has 0 radical (unpaired) electrons. The van der Waals surface area contributed by atoms with Crippen LogP contribution >= 0.6 is 11.3 Å². The largest absolute Gasteiger partial charge is 0.485 e. The Kier molecular flexibility index (Phi) is 3.09. The van der Waals surface area contributed by atoms with Gasteiger partial charge < -0.3 is 10.5 Å². The average Bonchev–Trinajstić information content (AvgIpc) is 2.79. The smallest absolute Gasteiger partial charge is 0.165 e. The predicted octanol–water partition coefficient (Wildman–Crippen LogP) is 4.20. The molecule has 2 aromatic carbocycles. The van der Waals surface area contributed by atoms with E-state index in [2.05, 4.69) is 0 Å². The molecule has 19 heavy (non-hydrogen) atoms. The molecule has 4 heteroatoms. The van der Waals surface area contributed by atoms with E-state index in [-0.39, 0.29) is 11.6 Å². The van der Waals surface area contributed by atoms with E-state index in [1.807, 2.05) is 24.3 Å². The van der Waals surface area contributed by atoms with Gasteiger partial charge in [-0.15, -0.1) is 11.3 Å². The maximum atomic E-state index is 13.4. The molecule has 3 rings (SSSR count). The molecule has 0 amide bonds. The maximum absolute atomic E-state index is 13.4. The Morgan fingerprint density at radius 3 is 2.79 bits per heavy atom. The van der Waals surface area contributed by atoms with Crippen LogP contribution in [0.5, 0.6) is 5.75 Å². The molecular weight excluding hydrogens is 261 g/mol. The van der Waals surface area contributed by atoms with E-state index in [1.54, 1.807) is 29.5 Å². The Morgan fingerprint density at radius 1 is 1.11 bits per heavy atom. The summed E-state index contributed by atoms with van der Waals surface area (Å²) < 4.78 is 20.1. The highest BCUT2D eigenvalue weighted by molar-refractivity contribution is 7.19. The number of hydrogen-bond acceptors (Lipinski definition) is 3. The molecule has 1 aromatic heterocycles. The summed E-state index contributed by atoms with van der Waals surface area (Å²) in [5.74, 6) is -0.0627. The van der Waals surface area contributed by atoms with Gasteiger partial charge in [0.1, 0.15) is 6.61 Å². The van der Waals surface area contributed by atoms with Gasteiger partial charge in [0.15, 0.2) is 11.6 Å². The normalized spacial score (nSPS) is 10.8. The predicted molar refractivity (Wildman–Crippen MR) is 77.0 cm³/mol.